The summed E-state index contributed by atoms with van der Waals surface area (Å²) < 4.78 is 5.92. The maximum Gasteiger partial charge on any atom is 0.277 e. The second-order valence-electron chi connectivity index (χ2n) is 3.64. The van der Waals surface area contributed by atoms with Gasteiger partial charge in [-0.15, -0.1) is 0 Å². The molecule has 0 atom stereocenters. The summed E-state index contributed by atoms with van der Waals surface area (Å²) >= 11 is 15.3. The van der Waals surface area contributed by atoms with E-state index in [-0.39, 0.29) is 0 Å². The molecule has 19 heavy (non-hydrogen) atoms. The minimum atomic E-state index is 0.324. The third-order valence-corrected chi connectivity index (χ3v) is 3.55. The van der Waals surface area contributed by atoms with E-state index in [2.05, 4.69) is 36.3 Å². The van der Waals surface area contributed by atoms with Crippen LogP contribution in [-0.4, -0.2) is 20.3 Å². The maximum absolute atomic E-state index is 6.09. The normalized spacial score (nSPS) is 10.9. The van der Waals surface area contributed by atoms with Crippen molar-refractivity contribution in [1.29, 1.82) is 0 Å². The fourth-order valence-corrected chi connectivity index (χ4v) is 2.38. The van der Waals surface area contributed by atoms with Crippen LogP contribution in [0.2, 0.25) is 10.0 Å². The van der Waals surface area contributed by atoms with Crippen LogP contribution in [0.1, 0.15) is 0 Å². The van der Waals surface area contributed by atoms with Crippen LogP contribution in [0.4, 0.5) is 0 Å². The minimum Gasteiger partial charge on any atom is -0.332 e. The van der Waals surface area contributed by atoms with E-state index in [1.165, 1.54) is 0 Å². The van der Waals surface area contributed by atoms with Crippen LogP contribution >= 0.6 is 39.1 Å². The van der Waals surface area contributed by atoms with E-state index in [1.807, 2.05) is 0 Å². The van der Waals surface area contributed by atoms with Crippen molar-refractivity contribution in [2.45, 2.75) is 0 Å². The average molecular weight is 360 g/mol. The highest BCUT2D eigenvalue weighted by atomic mass is 79.9. The van der Waals surface area contributed by atoms with Crippen molar-refractivity contribution >= 4 is 39.1 Å². The van der Waals surface area contributed by atoms with Crippen LogP contribution < -0.4 is 0 Å². The summed E-state index contributed by atoms with van der Waals surface area (Å²) in [6.45, 7) is 0. The zero-order valence-corrected chi connectivity index (χ0v) is 12.3. The number of hydrogen-bond donors (Lipinski definition) is 1. The van der Waals surface area contributed by atoms with Crippen molar-refractivity contribution in [3.63, 3.8) is 0 Å². The molecule has 0 bridgehead atoms. The van der Waals surface area contributed by atoms with Gasteiger partial charge in [0.05, 0.1) is 15.7 Å². The van der Waals surface area contributed by atoms with E-state index in [4.69, 9.17) is 27.7 Å². The first-order chi connectivity index (χ1) is 9.15. The SMILES string of the molecule is Clc1ccc(-c2noc(-c3[nH]ncc3Br)n2)c(Cl)c1. The number of nitrogens with zero attached hydrogens (tertiary/aromatic N) is 3. The average Bonchev–Trinajstić information content (AvgIpc) is 2.97. The number of halogens is 3. The van der Waals surface area contributed by atoms with Crippen molar-refractivity contribution in [2.75, 3.05) is 0 Å². The smallest absolute Gasteiger partial charge is 0.277 e. The Labute approximate surface area is 126 Å². The van der Waals surface area contributed by atoms with Crippen LogP contribution in [0.3, 0.4) is 0 Å². The molecule has 0 fully saturated rings. The van der Waals surface area contributed by atoms with Gasteiger partial charge in [-0.05, 0) is 34.1 Å². The van der Waals surface area contributed by atoms with Crippen molar-refractivity contribution in [3.05, 3.63) is 38.9 Å². The predicted octanol–water partition coefficient (Wildman–Crippen LogP) is 4.20. The van der Waals surface area contributed by atoms with Gasteiger partial charge >= 0.3 is 0 Å². The summed E-state index contributed by atoms with van der Waals surface area (Å²) in [7, 11) is 0. The van der Waals surface area contributed by atoms with E-state index in [1.54, 1.807) is 24.4 Å². The lowest BCUT2D eigenvalue weighted by Crippen LogP contribution is -1.83. The molecule has 3 aromatic rings. The van der Waals surface area contributed by atoms with E-state index in [0.29, 0.717) is 33.0 Å². The van der Waals surface area contributed by atoms with Gasteiger partial charge in [0, 0.05) is 10.6 Å². The molecule has 0 spiro atoms. The molecule has 1 aromatic carbocycles. The molecule has 96 valence electrons. The van der Waals surface area contributed by atoms with Crippen molar-refractivity contribution < 1.29 is 4.52 Å². The summed E-state index contributed by atoms with van der Waals surface area (Å²) in [5, 5.41) is 11.5. The monoisotopic (exact) mass is 358 g/mol. The standard InChI is InChI=1S/C11H5BrCl2N4O/c12-7-4-15-17-9(7)11-16-10(18-19-11)6-2-1-5(13)3-8(6)14/h1-4H,(H,15,17). The second-order valence-corrected chi connectivity index (χ2v) is 5.34. The summed E-state index contributed by atoms with van der Waals surface area (Å²) in [5.41, 5.74) is 1.26. The van der Waals surface area contributed by atoms with Crippen molar-refractivity contribution in [1.82, 2.24) is 20.3 Å². The molecule has 0 saturated heterocycles. The maximum atomic E-state index is 6.09. The molecular formula is C11H5BrCl2N4O. The van der Waals surface area contributed by atoms with E-state index in [0.717, 1.165) is 4.47 Å². The highest BCUT2D eigenvalue weighted by Gasteiger charge is 2.16. The van der Waals surface area contributed by atoms with Gasteiger partial charge in [0.15, 0.2) is 0 Å². The van der Waals surface area contributed by atoms with Crippen molar-refractivity contribution in [2.24, 2.45) is 0 Å². The number of aromatic amines is 1. The van der Waals surface area contributed by atoms with Gasteiger partial charge in [-0.2, -0.15) is 10.1 Å². The molecular weight excluding hydrogens is 355 g/mol. The molecule has 5 nitrogen and oxygen atoms in total. The number of benzene rings is 1. The highest BCUT2D eigenvalue weighted by molar-refractivity contribution is 9.10. The van der Waals surface area contributed by atoms with Crippen LogP contribution in [0.5, 0.6) is 0 Å². The molecule has 0 aliphatic carbocycles. The Morgan fingerprint density at radius 1 is 1.26 bits per heavy atom. The predicted molar refractivity (Wildman–Crippen MR) is 75.0 cm³/mol. The van der Waals surface area contributed by atoms with E-state index >= 15 is 0 Å². The quantitative estimate of drug-likeness (QED) is 0.744. The van der Waals surface area contributed by atoms with Crippen molar-refractivity contribution in [3.8, 4) is 23.0 Å². The lowest BCUT2D eigenvalue weighted by Gasteiger charge is -1.98. The Kier molecular flexibility index (Phi) is 3.30. The molecule has 2 heterocycles. The molecule has 8 heteroatoms. The summed E-state index contributed by atoms with van der Waals surface area (Å²) in [6.07, 6.45) is 1.61. The lowest BCUT2D eigenvalue weighted by molar-refractivity contribution is 0.430. The number of rotatable bonds is 2. The summed E-state index contributed by atoms with van der Waals surface area (Å²) in [5.74, 6) is 0.712. The summed E-state index contributed by atoms with van der Waals surface area (Å²) in [6, 6.07) is 5.08. The van der Waals surface area contributed by atoms with Gasteiger partial charge in [-0.25, -0.2) is 0 Å². The first kappa shape index (κ1) is 12.7. The first-order valence-corrected chi connectivity index (χ1v) is 6.68. The van der Waals surface area contributed by atoms with E-state index < -0.39 is 0 Å². The number of H-pyrrole nitrogens is 1. The molecule has 1 N–H and O–H groups in total. The van der Waals surface area contributed by atoms with Gasteiger partial charge in [0.25, 0.3) is 5.89 Å². The van der Waals surface area contributed by atoms with Crippen LogP contribution in [-0.2, 0) is 0 Å². The largest absolute Gasteiger partial charge is 0.332 e. The van der Waals surface area contributed by atoms with Crippen LogP contribution in [0.25, 0.3) is 23.0 Å². The minimum absolute atomic E-state index is 0.324. The zero-order valence-electron chi connectivity index (χ0n) is 9.19. The second kappa shape index (κ2) is 4.96. The fourth-order valence-electron chi connectivity index (χ4n) is 1.53. The molecule has 0 aliphatic rings. The van der Waals surface area contributed by atoms with Gasteiger partial charge in [0.2, 0.25) is 5.82 Å². The third-order valence-electron chi connectivity index (χ3n) is 2.41. The Morgan fingerprint density at radius 3 is 2.79 bits per heavy atom. The molecule has 0 aliphatic heterocycles. The van der Waals surface area contributed by atoms with Crippen LogP contribution in [0, 0.1) is 0 Å². The molecule has 3 rings (SSSR count). The van der Waals surface area contributed by atoms with Crippen LogP contribution in [0.15, 0.2) is 33.4 Å². The Hall–Kier alpha value is -1.37. The summed E-state index contributed by atoms with van der Waals surface area (Å²) in [4.78, 5) is 4.27. The van der Waals surface area contributed by atoms with Gasteiger partial charge in [-0.3, -0.25) is 5.10 Å². The molecule has 2 aromatic heterocycles. The van der Waals surface area contributed by atoms with E-state index in [9.17, 15) is 0 Å². The molecule has 0 radical (unpaired) electrons. The molecule has 0 amide bonds. The Bertz CT molecular complexity index is 740. The topological polar surface area (TPSA) is 67.6 Å². The number of nitrogens with one attached hydrogen (secondary N) is 1. The number of hydrogen-bond acceptors (Lipinski definition) is 4. The third kappa shape index (κ3) is 2.39. The Morgan fingerprint density at radius 2 is 2.11 bits per heavy atom. The highest BCUT2D eigenvalue weighted by Crippen LogP contribution is 2.31. The lowest BCUT2D eigenvalue weighted by atomic mass is 10.2. The molecule has 0 unspecified atom stereocenters. The van der Waals surface area contributed by atoms with Gasteiger partial charge in [-0.1, -0.05) is 28.4 Å². The van der Waals surface area contributed by atoms with Gasteiger partial charge < -0.3 is 4.52 Å². The first-order valence-electron chi connectivity index (χ1n) is 5.13. The Balaban J connectivity index is 2.04. The molecule has 0 saturated carbocycles. The van der Waals surface area contributed by atoms with Gasteiger partial charge in [0.1, 0.15) is 5.69 Å². The fraction of sp³-hybridized carbons (Fsp3) is 0. The number of aromatic nitrogens is 4. The zero-order chi connectivity index (χ0) is 13.4.